The molecular formula is C21H23NO4. The molecule has 1 amide bonds. The van der Waals surface area contributed by atoms with Crippen molar-refractivity contribution in [3.63, 3.8) is 0 Å². The van der Waals surface area contributed by atoms with E-state index in [2.05, 4.69) is 5.32 Å². The number of ether oxygens (including phenoxy) is 2. The van der Waals surface area contributed by atoms with Crippen molar-refractivity contribution in [1.82, 2.24) is 0 Å². The van der Waals surface area contributed by atoms with Gasteiger partial charge in [0.05, 0.1) is 24.5 Å². The number of benzene rings is 2. The highest BCUT2D eigenvalue weighted by Crippen LogP contribution is 2.46. The maximum Gasteiger partial charge on any atom is 0.307 e. The molecule has 2 fully saturated rings. The Balaban J connectivity index is 1.63. The van der Waals surface area contributed by atoms with Crippen molar-refractivity contribution in [2.45, 2.75) is 44.3 Å². The van der Waals surface area contributed by atoms with Crippen molar-refractivity contribution >= 4 is 28.3 Å². The van der Waals surface area contributed by atoms with Crippen LogP contribution in [0.1, 0.15) is 33.1 Å². The summed E-state index contributed by atoms with van der Waals surface area (Å²) in [6.07, 6.45) is 1.20. The highest BCUT2D eigenvalue weighted by Gasteiger charge is 2.56. The molecule has 0 unspecified atom stereocenters. The zero-order valence-electron chi connectivity index (χ0n) is 15.1. The first-order chi connectivity index (χ1) is 12.4. The molecule has 2 aliphatic rings. The van der Waals surface area contributed by atoms with E-state index in [-0.39, 0.29) is 18.3 Å². The fourth-order valence-electron chi connectivity index (χ4n) is 4.32. The van der Waals surface area contributed by atoms with Crippen LogP contribution in [0.4, 0.5) is 5.69 Å². The first-order valence-electron chi connectivity index (χ1n) is 9.03. The number of hydrogen-bond donors (Lipinski definition) is 1. The number of amides is 1. The first kappa shape index (κ1) is 17.0. The Kier molecular flexibility index (Phi) is 3.99. The van der Waals surface area contributed by atoms with Gasteiger partial charge < -0.3 is 14.8 Å². The number of rotatable bonds is 2. The van der Waals surface area contributed by atoms with Crippen molar-refractivity contribution in [3.8, 4) is 0 Å². The van der Waals surface area contributed by atoms with E-state index >= 15 is 0 Å². The third-order valence-electron chi connectivity index (χ3n) is 5.43. The summed E-state index contributed by atoms with van der Waals surface area (Å²) in [6, 6.07) is 13.7. The fraction of sp³-hybridized carbons (Fsp3) is 0.429. The van der Waals surface area contributed by atoms with Gasteiger partial charge in [-0.1, -0.05) is 36.4 Å². The lowest BCUT2D eigenvalue weighted by molar-refractivity contribution is -0.178. The molecule has 0 aromatic heterocycles. The van der Waals surface area contributed by atoms with E-state index < -0.39 is 17.1 Å². The highest BCUT2D eigenvalue weighted by molar-refractivity contribution is 6.04. The summed E-state index contributed by atoms with van der Waals surface area (Å²) >= 11 is 0. The molecule has 136 valence electrons. The molecule has 5 nitrogen and oxygen atoms in total. The topological polar surface area (TPSA) is 64.6 Å². The molecule has 2 saturated heterocycles. The Morgan fingerprint density at radius 3 is 2.73 bits per heavy atom. The van der Waals surface area contributed by atoms with Crippen LogP contribution in [-0.4, -0.2) is 29.7 Å². The number of nitrogens with one attached hydrogen (secondary N) is 1. The Morgan fingerprint density at radius 1 is 1.15 bits per heavy atom. The molecule has 2 aromatic carbocycles. The molecular weight excluding hydrogens is 330 g/mol. The van der Waals surface area contributed by atoms with Crippen LogP contribution in [0, 0.1) is 5.92 Å². The number of fused-ring (bicyclic) bond motifs is 1. The average Bonchev–Trinajstić information content (AvgIpc) is 2.89. The molecule has 1 N–H and O–H groups in total. The molecule has 2 atom stereocenters. The molecule has 0 saturated carbocycles. The van der Waals surface area contributed by atoms with Crippen LogP contribution in [0.25, 0.3) is 10.8 Å². The molecule has 0 bridgehead atoms. The summed E-state index contributed by atoms with van der Waals surface area (Å²) in [7, 11) is 0. The Morgan fingerprint density at radius 2 is 1.92 bits per heavy atom. The van der Waals surface area contributed by atoms with Gasteiger partial charge in [-0.2, -0.15) is 0 Å². The number of carbonyl (C=O) groups is 2. The Bertz CT molecular complexity index is 870. The summed E-state index contributed by atoms with van der Waals surface area (Å²) in [5.41, 5.74) is -0.428. The first-order valence-corrected chi connectivity index (χ1v) is 9.03. The maximum atomic E-state index is 13.1. The third kappa shape index (κ3) is 2.97. The number of hydrogen-bond acceptors (Lipinski definition) is 4. The van der Waals surface area contributed by atoms with Gasteiger partial charge in [0.25, 0.3) is 0 Å². The fourth-order valence-corrected chi connectivity index (χ4v) is 4.32. The summed E-state index contributed by atoms with van der Waals surface area (Å²) in [4.78, 5) is 25.2. The van der Waals surface area contributed by atoms with Crippen LogP contribution in [-0.2, 0) is 19.1 Å². The van der Waals surface area contributed by atoms with Gasteiger partial charge in [0.15, 0.2) is 0 Å². The van der Waals surface area contributed by atoms with Gasteiger partial charge in [0.2, 0.25) is 5.91 Å². The standard InChI is InChI=1S/C21H23NO4/c1-20(2)13-21(10-11-25-20)16(12-18(23)26-21)19(24)22-17-9-5-7-14-6-3-4-8-15(14)17/h3-9,16H,10-13H2,1-2H3,(H,22,24)/t16-,21+/m1/s1. The van der Waals surface area contributed by atoms with Gasteiger partial charge in [-0.25, -0.2) is 0 Å². The summed E-state index contributed by atoms with van der Waals surface area (Å²) in [6.45, 7) is 4.43. The van der Waals surface area contributed by atoms with Crippen LogP contribution in [0.2, 0.25) is 0 Å². The third-order valence-corrected chi connectivity index (χ3v) is 5.43. The lowest BCUT2D eigenvalue weighted by Crippen LogP contribution is -2.52. The van der Waals surface area contributed by atoms with E-state index in [0.717, 1.165) is 16.5 Å². The van der Waals surface area contributed by atoms with E-state index in [0.29, 0.717) is 19.4 Å². The van der Waals surface area contributed by atoms with Crippen LogP contribution in [0.3, 0.4) is 0 Å². The molecule has 26 heavy (non-hydrogen) atoms. The zero-order chi connectivity index (χ0) is 18.4. The minimum absolute atomic E-state index is 0.118. The monoisotopic (exact) mass is 353 g/mol. The quantitative estimate of drug-likeness (QED) is 0.837. The van der Waals surface area contributed by atoms with E-state index in [9.17, 15) is 9.59 Å². The van der Waals surface area contributed by atoms with Crippen LogP contribution >= 0.6 is 0 Å². The molecule has 4 rings (SSSR count). The van der Waals surface area contributed by atoms with Crippen molar-refractivity contribution in [3.05, 3.63) is 42.5 Å². The van der Waals surface area contributed by atoms with Crippen LogP contribution < -0.4 is 5.32 Å². The molecule has 2 aliphatic heterocycles. The molecule has 2 aromatic rings. The second kappa shape index (κ2) is 6.09. The normalized spacial score (nSPS) is 27.5. The number of esters is 1. The number of anilines is 1. The summed E-state index contributed by atoms with van der Waals surface area (Å²) in [5, 5.41) is 5.08. The van der Waals surface area contributed by atoms with Crippen LogP contribution in [0.5, 0.6) is 0 Å². The minimum atomic E-state index is -0.770. The van der Waals surface area contributed by atoms with Crippen molar-refractivity contribution in [2.75, 3.05) is 11.9 Å². The van der Waals surface area contributed by atoms with E-state index in [4.69, 9.17) is 9.47 Å². The summed E-state index contributed by atoms with van der Waals surface area (Å²) < 4.78 is 11.5. The summed E-state index contributed by atoms with van der Waals surface area (Å²) in [5.74, 6) is -0.970. The van der Waals surface area contributed by atoms with Crippen molar-refractivity contribution < 1.29 is 19.1 Å². The second-order valence-corrected chi connectivity index (χ2v) is 7.85. The van der Waals surface area contributed by atoms with E-state index in [1.165, 1.54) is 0 Å². The molecule has 5 heteroatoms. The molecule has 1 spiro atoms. The Hall–Kier alpha value is -2.40. The maximum absolute atomic E-state index is 13.1. The van der Waals surface area contributed by atoms with Gasteiger partial charge in [0, 0.05) is 23.9 Å². The minimum Gasteiger partial charge on any atom is -0.458 e. The van der Waals surface area contributed by atoms with Gasteiger partial charge in [-0.05, 0) is 25.3 Å². The van der Waals surface area contributed by atoms with Gasteiger partial charge >= 0.3 is 5.97 Å². The SMILES string of the molecule is CC1(C)C[C@]2(CCO1)OC(=O)C[C@@H]2C(=O)Nc1cccc2ccccc12. The van der Waals surface area contributed by atoms with E-state index in [1.54, 1.807) is 0 Å². The largest absolute Gasteiger partial charge is 0.458 e. The highest BCUT2D eigenvalue weighted by atomic mass is 16.6. The smallest absolute Gasteiger partial charge is 0.307 e. The predicted octanol–water partition coefficient (Wildman–Crippen LogP) is 3.67. The zero-order valence-corrected chi connectivity index (χ0v) is 15.1. The van der Waals surface area contributed by atoms with Crippen molar-refractivity contribution in [2.24, 2.45) is 5.92 Å². The van der Waals surface area contributed by atoms with Gasteiger partial charge in [0.1, 0.15) is 5.60 Å². The molecule has 0 aliphatic carbocycles. The second-order valence-electron chi connectivity index (χ2n) is 7.85. The van der Waals surface area contributed by atoms with Crippen molar-refractivity contribution in [1.29, 1.82) is 0 Å². The number of carbonyl (C=O) groups excluding carboxylic acids is 2. The van der Waals surface area contributed by atoms with Gasteiger partial charge in [-0.3, -0.25) is 9.59 Å². The average molecular weight is 353 g/mol. The molecule has 0 radical (unpaired) electrons. The Labute approximate surface area is 152 Å². The lowest BCUT2D eigenvalue weighted by Gasteiger charge is -2.43. The van der Waals surface area contributed by atoms with Gasteiger partial charge in [-0.15, -0.1) is 0 Å². The predicted molar refractivity (Wildman–Crippen MR) is 98.8 cm³/mol. The lowest BCUT2D eigenvalue weighted by atomic mass is 9.75. The molecule has 2 heterocycles. The van der Waals surface area contributed by atoms with Crippen LogP contribution in [0.15, 0.2) is 42.5 Å². The van der Waals surface area contributed by atoms with E-state index in [1.807, 2.05) is 56.3 Å².